The van der Waals surface area contributed by atoms with E-state index in [1.165, 1.54) is 6.20 Å². The van der Waals surface area contributed by atoms with Gasteiger partial charge in [0.15, 0.2) is 0 Å². The summed E-state index contributed by atoms with van der Waals surface area (Å²) in [6, 6.07) is 1.64. The van der Waals surface area contributed by atoms with E-state index in [4.69, 9.17) is 17.3 Å². The lowest BCUT2D eigenvalue weighted by atomic mass is 9.94. The van der Waals surface area contributed by atoms with Gasteiger partial charge in [-0.3, -0.25) is 9.78 Å². The van der Waals surface area contributed by atoms with Gasteiger partial charge in [-0.15, -0.1) is 0 Å². The first-order valence-electron chi connectivity index (χ1n) is 5.77. The van der Waals surface area contributed by atoms with Gasteiger partial charge in [-0.1, -0.05) is 24.4 Å². The van der Waals surface area contributed by atoms with Crippen molar-refractivity contribution in [3.05, 3.63) is 23.5 Å². The van der Waals surface area contributed by atoms with E-state index in [2.05, 4.69) is 10.3 Å². The number of rotatable bonds is 3. The van der Waals surface area contributed by atoms with Crippen LogP contribution in [0.25, 0.3) is 0 Å². The van der Waals surface area contributed by atoms with E-state index in [1.807, 2.05) is 0 Å². The molecule has 1 aliphatic carbocycles. The third-order valence-corrected chi connectivity index (χ3v) is 3.48. The molecule has 5 heteroatoms. The minimum atomic E-state index is -0.335. The van der Waals surface area contributed by atoms with Crippen molar-refractivity contribution in [2.45, 2.75) is 37.6 Å². The van der Waals surface area contributed by atoms with E-state index in [0.717, 1.165) is 25.7 Å². The Morgan fingerprint density at radius 2 is 2.24 bits per heavy atom. The van der Waals surface area contributed by atoms with Gasteiger partial charge in [0.05, 0.1) is 16.9 Å². The smallest absolute Gasteiger partial charge is 0.226 e. The summed E-state index contributed by atoms with van der Waals surface area (Å²) in [5.74, 6) is -0.0932. The van der Waals surface area contributed by atoms with Crippen LogP contribution in [0, 0.1) is 0 Å². The number of nitrogens with zero attached hydrogens (tertiary/aromatic N) is 1. The van der Waals surface area contributed by atoms with E-state index >= 15 is 0 Å². The molecule has 4 nitrogen and oxygen atoms in total. The molecule has 0 radical (unpaired) electrons. The molecule has 1 heterocycles. The van der Waals surface area contributed by atoms with Crippen molar-refractivity contribution < 1.29 is 4.79 Å². The van der Waals surface area contributed by atoms with Crippen LogP contribution in [0.4, 0.5) is 5.69 Å². The zero-order chi connectivity index (χ0) is 12.3. The maximum atomic E-state index is 11.8. The Labute approximate surface area is 106 Å². The minimum absolute atomic E-state index is 0.0932. The number of halogens is 1. The number of carbonyl (C=O) groups excluding carboxylic acids is 1. The van der Waals surface area contributed by atoms with E-state index in [1.54, 1.807) is 12.3 Å². The molecule has 3 N–H and O–H groups in total. The van der Waals surface area contributed by atoms with Crippen molar-refractivity contribution in [3.8, 4) is 0 Å². The maximum Gasteiger partial charge on any atom is 0.226 e. The average Bonchev–Trinajstić information content (AvgIpc) is 2.68. The molecule has 0 bridgehead atoms. The summed E-state index contributed by atoms with van der Waals surface area (Å²) >= 11 is 5.93. The molecule has 92 valence electrons. The van der Waals surface area contributed by atoms with Crippen LogP contribution < -0.4 is 11.1 Å². The summed E-state index contributed by atoms with van der Waals surface area (Å²) in [5, 5.41) is 3.24. The summed E-state index contributed by atoms with van der Waals surface area (Å²) in [6.07, 6.45) is 7.52. The third-order valence-electron chi connectivity index (χ3n) is 3.15. The van der Waals surface area contributed by atoms with Gasteiger partial charge in [0.25, 0.3) is 0 Å². The Kier molecular flexibility index (Phi) is 3.64. The van der Waals surface area contributed by atoms with Crippen LogP contribution in [0.5, 0.6) is 0 Å². The largest absolute Gasteiger partial charge is 0.325 e. The van der Waals surface area contributed by atoms with Crippen molar-refractivity contribution in [1.82, 2.24) is 4.98 Å². The first-order chi connectivity index (χ1) is 8.09. The molecule has 1 amide bonds. The number of nitrogens with two attached hydrogens (primary N) is 1. The van der Waals surface area contributed by atoms with E-state index in [-0.39, 0.29) is 11.4 Å². The molecule has 0 aliphatic heterocycles. The highest BCUT2D eigenvalue weighted by atomic mass is 35.5. The van der Waals surface area contributed by atoms with Gasteiger partial charge in [0, 0.05) is 18.2 Å². The standard InChI is InChI=1S/C12H16ClN3O/c13-9-3-6-15-8-10(9)16-11(17)7-12(14)4-1-2-5-12/h3,6,8H,1-2,4-5,7,14H2,(H,16,17). The molecule has 0 aromatic carbocycles. The van der Waals surface area contributed by atoms with Gasteiger partial charge in [-0.05, 0) is 18.9 Å². The van der Waals surface area contributed by atoms with E-state index < -0.39 is 0 Å². The fourth-order valence-corrected chi connectivity index (χ4v) is 2.39. The lowest BCUT2D eigenvalue weighted by Crippen LogP contribution is -2.40. The Morgan fingerprint density at radius 1 is 1.53 bits per heavy atom. The number of aromatic nitrogens is 1. The molecule has 17 heavy (non-hydrogen) atoms. The number of hydrogen-bond donors (Lipinski definition) is 2. The predicted octanol–water partition coefficient (Wildman–Crippen LogP) is 2.34. The molecular weight excluding hydrogens is 238 g/mol. The number of amides is 1. The van der Waals surface area contributed by atoms with Crippen molar-refractivity contribution in [2.75, 3.05) is 5.32 Å². The van der Waals surface area contributed by atoms with Crippen LogP contribution in [0.3, 0.4) is 0 Å². The molecule has 1 aliphatic rings. The second kappa shape index (κ2) is 5.02. The van der Waals surface area contributed by atoms with Crippen molar-refractivity contribution >= 4 is 23.2 Å². The van der Waals surface area contributed by atoms with Crippen LogP contribution in [0.15, 0.2) is 18.5 Å². The number of anilines is 1. The van der Waals surface area contributed by atoms with Gasteiger partial charge < -0.3 is 11.1 Å². The molecule has 0 unspecified atom stereocenters. The monoisotopic (exact) mass is 253 g/mol. The highest BCUT2D eigenvalue weighted by Gasteiger charge is 2.31. The number of nitrogens with one attached hydrogen (secondary N) is 1. The normalized spacial score (nSPS) is 18.0. The Hall–Kier alpha value is -1.13. The van der Waals surface area contributed by atoms with Crippen LogP contribution in [0.2, 0.25) is 5.02 Å². The van der Waals surface area contributed by atoms with Gasteiger partial charge in [0.1, 0.15) is 0 Å². The third kappa shape index (κ3) is 3.17. The lowest BCUT2D eigenvalue weighted by molar-refractivity contribution is -0.117. The number of carbonyl (C=O) groups is 1. The molecule has 1 aromatic rings. The summed E-state index contributed by atoms with van der Waals surface area (Å²) in [5.41, 5.74) is 6.35. The molecule has 0 atom stereocenters. The molecule has 2 rings (SSSR count). The summed E-state index contributed by atoms with van der Waals surface area (Å²) in [6.45, 7) is 0. The molecule has 0 saturated heterocycles. The Morgan fingerprint density at radius 3 is 2.88 bits per heavy atom. The van der Waals surface area contributed by atoms with Crippen LogP contribution in [0.1, 0.15) is 32.1 Å². The fourth-order valence-electron chi connectivity index (χ4n) is 2.24. The van der Waals surface area contributed by atoms with Crippen LogP contribution in [-0.4, -0.2) is 16.4 Å². The van der Waals surface area contributed by atoms with Crippen LogP contribution >= 0.6 is 11.6 Å². The molecular formula is C12H16ClN3O. The average molecular weight is 254 g/mol. The van der Waals surface area contributed by atoms with E-state index in [0.29, 0.717) is 17.1 Å². The molecule has 1 aromatic heterocycles. The quantitative estimate of drug-likeness (QED) is 0.869. The van der Waals surface area contributed by atoms with E-state index in [9.17, 15) is 4.79 Å². The van der Waals surface area contributed by atoms with Gasteiger partial charge in [0.2, 0.25) is 5.91 Å². The van der Waals surface area contributed by atoms with Crippen molar-refractivity contribution in [1.29, 1.82) is 0 Å². The number of hydrogen-bond acceptors (Lipinski definition) is 3. The fraction of sp³-hybridized carbons (Fsp3) is 0.500. The second-order valence-corrected chi connectivity index (χ2v) is 5.06. The second-order valence-electron chi connectivity index (χ2n) is 4.65. The first-order valence-corrected chi connectivity index (χ1v) is 6.15. The summed E-state index contributed by atoms with van der Waals surface area (Å²) in [4.78, 5) is 15.8. The molecule has 0 spiro atoms. The SMILES string of the molecule is NC1(CC(=O)Nc2cnccc2Cl)CCCC1. The molecule has 1 saturated carbocycles. The van der Waals surface area contributed by atoms with Gasteiger partial charge in [-0.2, -0.15) is 0 Å². The lowest BCUT2D eigenvalue weighted by Gasteiger charge is -2.22. The van der Waals surface area contributed by atoms with Crippen molar-refractivity contribution in [3.63, 3.8) is 0 Å². The summed E-state index contributed by atoms with van der Waals surface area (Å²) in [7, 11) is 0. The topological polar surface area (TPSA) is 68.0 Å². The highest BCUT2D eigenvalue weighted by molar-refractivity contribution is 6.33. The maximum absolute atomic E-state index is 11.8. The van der Waals surface area contributed by atoms with Gasteiger partial charge >= 0.3 is 0 Å². The molecule has 1 fully saturated rings. The number of pyridine rings is 1. The predicted molar refractivity (Wildman–Crippen MR) is 67.9 cm³/mol. The minimum Gasteiger partial charge on any atom is -0.325 e. The van der Waals surface area contributed by atoms with Crippen LogP contribution in [-0.2, 0) is 4.79 Å². The Balaban J connectivity index is 1.96. The summed E-state index contributed by atoms with van der Waals surface area (Å²) < 4.78 is 0. The van der Waals surface area contributed by atoms with Gasteiger partial charge in [-0.25, -0.2) is 0 Å². The zero-order valence-electron chi connectivity index (χ0n) is 9.58. The Bertz CT molecular complexity index is 416. The first kappa shape index (κ1) is 12.3. The zero-order valence-corrected chi connectivity index (χ0v) is 10.3. The van der Waals surface area contributed by atoms with Crippen molar-refractivity contribution in [2.24, 2.45) is 5.73 Å². The highest BCUT2D eigenvalue weighted by Crippen LogP contribution is 2.30.